The molecule has 1 aliphatic heterocycles. The van der Waals surface area contributed by atoms with Crippen molar-refractivity contribution < 1.29 is 14.3 Å². The fourth-order valence-corrected chi connectivity index (χ4v) is 3.71. The van der Waals surface area contributed by atoms with Gasteiger partial charge in [-0.3, -0.25) is 9.59 Å². The van der Waals surface area contributed by atoms with Crippen molar-refractivity contribution in [1.82, 2.24) is 14.7 Å². The summed E-state index contributed by atoms with van der Waals surface area (Å²) in [4.78, 5) is 31.7. The Labute approximate surface area is 163 Å². The number of ether oxygens (including phenoxy) is 1. The van der Waals surface area contributed by atoms with Crippen molar-refractivity contribution in [3.8, 4) is 0 Å². The number of hydrogen-bond acceptors (Lipinski definition) is 4. The van der Waals surface area contributed by atoms with Gasteiger partial charge in [-0.2, -0.15) is 0 Å². The molecule has 1 aromatic rings. The topological polar surface area (TPSA) is 53.1 Å². The third-order valence-electron chi connectivity index (χ3n) is 5.33. The lowest BCUT2D eigenvalue weighted by Crippen LogP contribution is -2.50. The molecule has 0 saturated carbocycles. The fourth-order valence-electron chi connectivity index (χ4n) is 3.71. The first-order chi connectivity index (χ1) is 12.9. The molecular formula is C21H33N3O3. The van der Waals surface area contributed by atoms with E-state index in [1.165, 1.54) is 0 Å². The molecule has 1 fully saturated rings. The van der Waals surface area contributed by atoms with Gasteiger partial charge in [0.2, 0.25) is 11.8 Å². The van der Waals surface area contributed by atoms with Gasteiger partial charge in [-0.05, 0) is 38.6 Å². The molecule has 0 N–H and O–H groups in total. The molecule has 0 radical (unpaired) electrons. The molecule has 0 unspecified atom stereocenters. The summed E-state index contributed by atoms with van der Waals surface area (Å²) in [6.45, 7) is 4.50. The van der Waals surface area contributed by atoms with Gasteiger partial charge in [-0.15, -0.1) is 0 Å². The van der Waals surface area contributed by atoms with Crippen LogP contribution >= 0.6 is 0 Å². The van der Waals surface area contributed by atoms with E-state index in [0.29, 0.717) is 32.5 Å². The minimum atomic E-state index is -0.239. The molecule has 1 heterocycles. The summed E-state index contributed by atoms with van der Waals surface area (Å²) in [5.74, 6) is -0.0202. The van der Waals surface area contributed by atoms with Gasteiger partial charge < -0.3 is 19.4 Å². The highest BCUT2D eigenvalue weighted by molar-refractivity contribution is 5.85. The van der Waals surface area contributed by atoms with Crippen molar-refractivity contribution in [1.29, 1.82) is 0 Å². The quantitative estimate of drug-likeness (QED) is 0.697. The number of hydrogen-bond donors (Lipinski definition) is 0. The Morgan fingerprint density at radius 1 is 1.22 bits per heavy atom. The molecule has 1 saturated heterocycles. The van der Waals surface area contributed by atoms with E-state index in [9.17, 15) is 9.59 Å². The summed E-state index contributed by atoms with van der Waals surface area (Å²) in [5, 5.41) is 0. The average Bonchev–Trinajstić information content (AvgIpc) is 2.65. The van der Waals surface area contributed by atoms with E-state index in [1.54, 1.807) is 12.0 Å². The molecule has 2 atom stereocenters. The van der Waals surface area contributed by atoms with Crippen LogP contribution in [0.2, 0.25) is 0 Å². The van der Waals surface area contributed by atoms with Crippen LogP contribution in [0.1, 0.15) is 30.0 Å². The van der Waals surface area contributed by atoms with Gasteiger partial charge in [0.1, 0.15) is 0 Å². The summed E-state index contributed by atoms with van der Waals surface area (Å²) < 4.78 is 5.22. The van der Waals surface area contributed by atoms with Crippen molar-refractivity contribution in [2.45, 2.75) is 25.8 Å². The van der Waals surface area contributed by atoms with E-state index in [2.05, 4.69) is 4.90 Å². The van der Waals surface area contributed by atoms with Crippen LogP contribution in [0.15, 0.2) is 24.3 Å². The first-order valence-corrected chi connectivity index (χ1v) is 9.60. The highest BCUT2D eigenvalue weighted by atomic mass is 16.5. The predicted octanol–water partition coefficient (Wildman–Crippen LogP) is 1.94. The smallest absolute Gasteiger partial charge is 0.227 e. The van der Waals surface area contributed by atoms with Gasteiger partial charge in [0.25, 0.3) is 0 Å². The Hall–Kier alpha value is -1.92. The van der Waals surface area contributed by atoms with E-state index in [0.717, 1.165) is 17.7 Å². The van der Waals surface area contributed by atoms with Crippen LogP contribution in [0.5, 0.6) is 0 Å². The van der Waals surface area contributed by atoms with Crippen LogP contribution in [0.3, 0.4) is 0 Å². The zero-order valence-corrected chi connectivity index (χ0v) is 17.3. The Morgan fingerprint density at radius 3 is 2.56 bits per heavy atom. The van der Waals surface area contributed by atoms with Crippen LogP contribution < -0.4 is 0 Å². The number of carbonyl (C=O) groups is 2. The third kappa shape index (κ3) is 5.30. The second kappa shape index (κ2) is 9.85. The number of likely N-dealkylation sites (N-methyl/N-ethyl adjacent to an activating group) is 2. The zero-order valence-electron chi connectivity index (χ0n) is 17.3. The lowest BCUT2D eigenvalue weighted by atomic mass is 9.81. The van der Waals surface area contributed by atoms with Gasteiger partial charge in [-0.25, -0.2) is 0 Å². The standard InChI is InChI=1S/C21H33N3O3/c1-16-8-6-7-9-17(16)20-18(21(26)23(4)13-12-22(2)3)10-11-19(25)24(20)14-15-27-5/h6-9,18,20H,10-15H2,1-5H3/t18-,20+/m1/s1. The molecule has 27 heavy (non-hydrogen) atoms. The molecule has 6 heteroatoms. The molecular weight excluding hydrogens is 342 g/mol. The van der Waals surface area contributed by atoms with E-state index in [-0.39, 0.29) is 23.8 Å². The van der Waals surface area contributed by atoms with Crippen molar-refractivity contribution in [3.63, 3.8) is 0 Å². The maximum atomic E-state index is 13.3. The molecule has 2 amide bonds. The fraction of sp³-hybridized carbons (Fsp3) is 0.619. The van der Waals surface area contributed by atoms with E-state index in [1.807, 2.05) is 57.2 Å². The molecule has 1 aromatic carbocycles. The Bertz CT molecular complexity index is 647. The molecule has 1 aliphatic rings. The predicted molar refractivity (Wildman–Crippen MR) is 106 cm³/mol. The van der Waals surface area contributed by atoms with Gasteiger partial charge in [0.05, 0.1) is 18.6 Å². The number of rotatable bonds is 8. The van der Waals surface area contributed by atoms with Crippen LogP contribution in [0.25, 0.3) is 0 Å². The molecule has 2 rings (SSSR count). The van der Waals surface area contributed by atoms with Crippen LogP contribution in [0.4, 0.5) is 0 Å². The number of carbonyl (C=O) groups excluding carboxylic acids is 2. The maximum Gasteiger partial charge on any atom is 0.227 e. The summed E-state index contributed by atoms with van der Waals surface area (Å²) >= 11 is 0. The normalized spacial score (nSPS) is 20.2. The van der Waals surface area contributed by atoms with Gasteiger partial charge in [-0.1, -0.05) is 24.3 Å². The first kappa shape index (κ1) is 21.4. The number of amides is 2. The molecule has 0 spiro atoms. The lowest BCUT2D eigenvalue weighted by Gasteiger charge is -2.42. The molecule has 6 nitrogen and oxygen atoms in total. The van der Waals surface area contributed by atoms with Gasteiger partial charge in [0.15, 0.2) is 0 Å². The second-order valence-electron chi connectivity index (χ2n) is 7.59. The summed E-state index contributed by atoms with van der Waals surface area (Å²) in [6.07, 6.45) is 0.997. The van der Waals surface area contributed by atoms with Crippen molar-refractivity contribution in [3.05, 3.63) is 35.4 Å². The third-order valence-corrected chi connectivity index (χ3v) is 5.33. The number of benzene rings is 1. The Morgan fingerprint density at radius 2 is 1.93 bits per heavy atom. The number of nitrogens with zero attached hydrogens (tertiary/aromatic N) is 3. The van der Waals surface area contributed by atoms with E-state index in [4.69, 9.17) is 4.74 Å². The second-order valence-corrected chi connectivity index (χ2v) is 7.59. The molecule has 0 aliphatic carbocycles. The molecule has 150 valence electrons. The molecule has 0 bridgehead atoms. The average molecular weight is 376 g/mol. The lowest BCUT2D eigenvalue weighted by molar-refractivity contribution is -0.148. The summed E-state index contributed by atoms with van der Waals surface area (Å²) in [7, 11) is 7.49. The van der Waals surface area contributed by atoms with E-state index < -0.39 is 0 Å². The van der Waals surface area contributed by atoms with Gasteiger partial charge in [0, 0.05) is 40.2 Å². The Balaban J connectivity index is 2.34. The first-order valence-electron chi connectivity index (χ1n) is 9.60. The van der Waals surface area contributed by atoms with Gasteiger partial charge >= 0.3 is 0 Å². The SMILES string of the molecule is COCCN1C(=O)CC[C@@H](C(=O)N(C)CCN(C)C)[C@@H]1c1ccccc1C. The van der Waals surface area contributed by atoms with E-state index >= 15 is 0 Å². The minimum absolute atomic E-state index is 0.0975. The van der Waals surface area contributed by atoms with Crippen LogP contribution in [-0.4, -0.2) is 81.0 Å². The highest BCUT2D eigenvalue weighted by Crippen LogP contribution is 2.38. The summed E-state index contributed by atoms with van der Waals surface area (Å²) in [6, 6.07) is 7.81. The number of aryl methyl sites for hydroxylation is 1. The van der Waals surface area contributed by atoms with Crippen molar-refractivity contribution in [2.24, 2.45) is 5.92 Å². The zero-order chi connectivity index (χ0) is 20.0. The molecule has 0 aromatic heterocycles. The Kier molecular flexibility index (Phi) is 7.80. The minimum Gasteiger partial charge on any atom is -0.383 e. The maximum absolute atomic E-state index is 13.3. The largest absolute Gasteiger partial charge is 0.383 e. The highest BCUT2D eigenvalue weighted by Gasteiger charge is 2.41. The number of piperidine rings is 1. The van der Waals surface area contributed by atoms with Crippen LogP contribution in [0, 0.1) is 12.8 Å². The number of methoxy groups -OCH3 is 1. The van der Waals surface area contributed by atoms with Crippen molar-refractivity contribution >= 4 is 11.8 Å². The van der Waals surface area contributed by atoms with Crippen molar-refractivity contribution in [2.75, 3.05) is 54.5 Å². The van der Waals surface area contributed by atoms with Crippen LogP contribution in [-0.2, 0) is 14.3 Å². The summed E-state index contributed by atoms with van der Waals surface area (Å²) in [5.41, 5.74) is 2.16. The monoisotopic (exact) mass is 375 g/mol. The number of likely N-dealkylation sites (tertiary alicyclic amines) is 1.